The van der Waals surface area contributed by atoms with Crippen molar-refractivity contribution in [3.8, 4) is 0 Å². The normalized spacial score (nSPS) is 14.0. The first-order chi connectivity index (χ1) is 9.99. The van der Waals surface area contributed by atoms with Crippen molar-refractivity contribution in [3.05, 3.63) is 58.2 Å². The highest BCUT2D eigenvalue weighted by Crippen LogP contribution is 2.38. The molecule has 2 atom stereocenters. The van der Waals surface area contributed by atoms with E-state index < -0.39 is 0 Å². The summed E-state index contributed by atoms with van der Waals surface area (Å²) in [4.78, 5) is 4.61. The van der Waals surface area contributed by atoms with Crippen molar-refractivity contribution in [1.29, 1.82) is 0 Å². The predicted molar refractivity (Wildman–Crippen MR) is 92.0 cm³/mol. The Bertz CT molecular complexity index is 595. The fourth-order valence-electron chi connectivity index (χ4n) is 2.30. The van der Waals surface area contributed by atoms with Gasteiger partial charge in [0.1, 0.15) is 0 Å². The Kier molecular flexibility index (Phi) is 5.68. The zero-order valence-electron chi connectivity index (χ0n) is 12.6. The molecule has 0 bridgehead atoms. The smallest absolute Gasteiger partial charge is 0.0972 e. The molecule has 2 nitrogen and oxygen atoms in total. The molecule has 1 heterocycles. The molecule has 0 fully saturated rings. The van der Waals surface area contributed by atoms with E-state index in [9.17, 15) is 0 Å². The molecule has 0 saturated carbocycles. The minimum absolute atomic E-state index is 0.0658. The monoisotopic (exact) mass is 320 g/mol. The maximum absolute atomic E-state index is 6.33. The van der Waals surface area contributed by atoms with E-state index in [0.717, 1.165) is 27.7 Å². The van der Waals surface area contributed by atoms with Crippen molar-refractivity contribution >= 4 is 23.4 Å². The Labute approximate surface area is 136 Å². The molecular formula is C17H21ClN2S. The van der Waals surface area contributed by atoms with Crippen LogP contribution in [-0.4, -0.2) is 11.0 Å². The Morgan fingerprint density at radius 1 is 1.24 bits per heavy atom. The van der Waals surface area contributed by atoms with Gasteiger partial charge in [-0.2, -0.15) is 0 Å². The number of thioether (sulfide) groups is 1. The quantitative estimate of drug-likeness (QED) is 0.794. The molecule has 112 valence electrons. The van der Waals surface area contributed by atoms with Gasteiger partial charge in [0, 0.05) is 16.8 Å². The zero-order valence-corrected chi connectivity index (χ0v) is 14.2. The molecule has 0 amide bonds. The lowest BCUT2D eigenvalue weighted by Crippen LogP contribution is -2.25. The van der Waals surface area contributed by atoms with E-state index in [1.807, 2.05) is 25.1 Å². The molecule has 1 aromatic carbocycles. The first kappa shape index (κ1) is 16.3. The van der Waals surface area contributed by atoms with Crippen LogP contribution in [0.3, 0.4) is 0 Å². The average molecular weight is 321 g/mol. The number of nitrogens with two attached hydrogens (primary N) is 1. The second-order valence-corrected chi connectivity index (χ2v) is 6.89. The van der Waals surface area contributed by atoms with Gasteiger partial charge in [0.05, 0.1) is 10.3 Å². The third kappa shape index (κ3) is 4.47. The number of benzene rings is 1. The lowest BCUT2D eigenvalue weighted by atomic mass is 10.0. The van der Waals surface area contributed by atoms with E-state index in [4.69, 9.17) is 17.3 Å². The Morgan fingerprint density at radius 3 is 2.62 bits per heavy atom. The van der Waals surface area contributed by atoms with Crippen molar-refractivity contribution in [2.45, 2.75) is 43.5 Å². The molecule has 0 radical (unpaired) electrons. The molecule has 21 heavy (non-hydrogen) atoms. The summed E-state index contributed by atoms with van der Waals surface area (Å²) in [6, 6.07) is 12.2. The van der Waals surface area contributed by atoms with Crippen LogP contribution in [0.15, 0.2) is 41.4 Å². The molecule has 2 aromatic rings. The van der Waals surface area contributed by atoms with Crippen molar-refractivity contribution in [3.63, 3.8) is 0 Å². The van der Waals surface area contributed by atoms with Gasteiger partial charge in [-0.05, 0) is 55.7 Å². The van der Waals surface area contributed by atoms with E-state index in [2.05, 4.69) is 37.0 Å². The van der Waals surface area contributed by atoms with E-state index in [1.165, 1.54) is 5.56 Å². The van der Waals surface area contributed by atoms with Crippen LogP contribution in [0.4, 0.5) is 0 Å². The van der Waals surface area contributed by atoms with E-state index >= 15 is 0 Å². The Morgan fingerprint density at radius 2 is 2.00 bits per heavy atom. The van der Waals surface area contributed by atoms with Crippen LogP contribution in [0.1, 0.15) is 35.4 Å². The molecule has 2 unspecified atom stereocenters. The number of aryl methyl sites for hydroxylation is 2. The van der Waals surface area contributed by atoms with Gasteiger partial charge < -0.3 is 5.73 Å². The standard InChI is InChI=1S/C17H21ClN2S/c1-4-15(19)17(13-6-5-7-14(18)10-13)21-16-9-11(2)8-12(3)20-16/h5-10,15,17H,4,19H2,1-3H3. The van der Waals surface area contributed by atoms with Gasteiger partial charge in [-0.3, -0.25) is 0 Å². The van der Waals surface area contributed by atoms with Crippen LogP contribution in [0, 0.1) is 13.8 Å². The third-order valence-electron chi connectivity index (χ3n) is 3.36. The first-order valence-corrected chi connectivity index (χ1v) is 8.38. The van der Waals surface area contributed by atoms with Crippen molar-refractivity contribution < 1.29 is 0 Å². The number of rotatable bonds is 5. The summed E-state index contributed by atoms with van der Waals surface area (Å²) in [7, 11) is 0. The van der Waals surface area contributed by atoms with Gasteiger partial charge in [0.25, 0.3) is 0 Å². The fraction of sp³-hybridized carbons (Fsp3) is 0.353. The molecule has 2 rings (SSSR count). The molecule has 0 saturated heterocycles. The maximum Gasteiger partial charge on any atom is 0.0972 e. The minimum atomic E-state index is 0.0658. The number of nitrogens with zero attached hydrogens (tertiary/aromatic N) is 1. The van der Waals surface area contributed by atoms with Crippen LogP contribution < -0.4 is 5.73 Å². The number of pyridine rings is 1. The van der Waals surface area contributed by atoms with Gasteiger partial charge in [0.15, 0.2) is 0 Å². The second-order valence-electron chi connectivity index (χ2n) is 5.29. The lowest BCUT2D eigenvalue weighted by Gasteiger charge is -2.23. The van der Waals surface area contributed by atoms with Gasteiger partial charge in [-0.25, -0.2) is 4.98 Å². The van der Waals surface area contributed by atoms with Gasteiger partial charge >= 0.3 is 0 Å². The second kappa shape index (κ2) is 7.30. The summed E-state index contributed by atoms with van der Waals surface area (Å²) in [5.74, 6) is 0. The molecule has 0 aliphatic heterocycles. The molecule has 4 heteroatoms. The fourth-order valence-corrected chi connectivity index (χ4v) is 3.85. The highest BCUT2D eigenvalue weighted by molar-refractivity contribution is 7.99. The highest BCUT2D eigenvalue weighted by Gasteiger charge is 2.21. The largest absolute Gasteiger partial charge is 0.326 e. The van der Waals surface area contributed by atoms with Crippen LogP contribution in [-0.2, 0) is 0 Å². The summed E-state index contributed by atoms with van der Waals surface area (Å²) in [5, 5.41) is 1.92. The van der Waals surface area contributed by atoms with Crippen molar-refractivity contribution in [2.75, 3.05) is 0 Å². The average Bonchev–Trinajstić information content (AvgIpc) is 2.43. The maximum atomic E-state index is 6.33. The van der Waals surface area contributed by atoms with Gasteiger partial charge in [-0.1, -0.05) is 42.4 Å². The predicted octanol–water partition coefficient (Wildman–Crippen LogP) is 4.92. The number of aromatic nitrogens is 1. The number of hydrogen-bond donors (Lipinski definition) is 1. The van der Waals surface area contributed by atoms with Crippen LogP contribution in [0.2, 0.25) is 5.02 Å². The summed E-state index contributed by atoms with van der Waals surface area (Å²) in [6.07, 6.45) is 0.912. The lowest BCUT2D eigenvalue weighted by molar-refractivity contribution is 0.633. The third-order valence-corrected chi connectivity index (χ3v) is 4.92. The highest BCUT2D eigenvalue weighted by atomic mass is 35.5. The van der Waals surface area contributed by atoms with E-state index in [-0.39, 0.29) is 11.3 Å². The molecule has 1 aromatic heterocycles. The van der Waals surface area contributed by atoms with E-state index in [0.29, 0.717) is 0 Å². The van der Waals surface area contributed by atoms with E-state index in [1.54, 1.807) is 11.8 Å². The SMILES string of the molecule is CCC(N)C(Sc1cc(C)cc(C)n1)c1cccc(Cl)c1. The molecular weight excluding hydrogens is 300 g/mol. The topological polar surface area (TPSA) is 38.9 Å². The van der Waals surface area contributed by atoms with Crippen LogP contribution >= 0.6 is 23.4 Å². The minimum Gasteiger partial charge on any atom is -0.326 e. The Hall–Kier alpha value is -1.03. The summed E-state index contributed by atoms with van der Waals surface area (Å²) in [6.45, 7) is 6.22. The summed E-state index contributed by atoms with van der Waals surface area (Å²) in [5.41, 5.74) is 9.74. The van der Waals surface area contributed by atoms with Crippen molar-refractivity contribution in [2.24, 2.45) is 5.73 Å². The number of halogens is 1. The molecule has 0 aliphatic carbocycles. The Balaban J connectivity index is 2.32. The van der Waals surface area contributed by atoms with Crippen molar-refractivity contribution in [1.82, 2.24) is 4.98 Å². The first-order valence-electron chi connectivity index (χ1n) is 7.12. The summed E-state index contributed by atoms with van der Waals surface area (Å²) >= 11 is 7.84. The number of hydrogen-bond acceptors (Lipinski definition) is 3. The van der Waals surface area contributed by atoms with Gasteiger partial charge in [0.2, 0.25) is 0 Å². The molecule has 0 aliphatic rings. The zero-order chi connectivity index (χ0) is 15.4. The molecule has 0 spiro atoms. The van der Waals surface area contributed by atoms with Crippen LogP contribution in [0.25, 0.3) is 0 Å². The van der Waals surface area contributed by atoms with Gasteiger partial charge in [-0.15, -0.1) is 0 Å². The van der Waals surface area contributed by atoms with Crippen LogP contribution in [0.5, 0.6) is 0 Å². The summed E-state index contributed by atoms with van der Waals surface area (Å²) < 4.78 is 0. The molecule has 2 N–H and O–H groups in total.